The van der Waals surface area contributed by atoms with E-state index >= 15 is 0 Å². The first-order valence-electron chi connectivity index (χ1n) is 8.52. The van der Waals surface area contributed by atoms with Crippen LogP contribution in [0.1, 0.15) is 17.9 Å². The molecule has 142 valence electrons. The molecule has 2 aliphatic heterocycles. The van der Waals surface area contributed by atoms with Gasteiger partial charge in [-0.25, -0.2) is 4.39 Å². The number of carbonyl (C=O) groups is 1. The number of anilines is 1. The number of nitriles is 1. The van der Waals surface area contributed by atoms with Crippen LogP contribution in [0.4, 0.5) is 10.1 Å². The molecule has 1 atom stereocenters. The number of thioether (sulfide) groups is 1. The highest BCUT2D eigenvalue weighted by molar-refractivity contribution is 8.03. The van der Waals surface area contributed by atoms with Crippen molar-refractivity contribution < 1.29 is 9.18 Å². The van der Waals surface area contributed by atoms with Crippen molar-refractivity contribution in [3.8, 4) is 6.07 Å². The monoisotopic (exact) mass is 433 g/mol. The molecule has 2 heterocycles. The molecule has 2 aromatic carbocycles. The minimum Gasteiger partial charge on any atom is -0.341 e. The minimum absolute atomic E-state index is 0.0848. The Labute approximate surface area is 176 Å². The van der Waals surface area contributed by atoms with Gasteiger partial charge in [0.15, 0.2) is 0 Å². The fourth-order valence-corrected chi connectivity index (χ4v) is 5.33. The van der Waals surface area contributed by atoms with Crippen molar-refractivity contribution >= 4 is 46.6 Å². The SMILES string of the molecule is N#CC1=C2SCN(c3ccccc3F)CN2C(=O)C[C@@H]1c1c(Cl)cccc1Cl. The second kappa shape index (κ2) is 7.67. The van der Waals surface area contributed by atoms with Crippen LogP contribution in [0.2, 0.25) is 10.0 Å². The highest BCUT2D eigenvalue weighted by Crippen LogP contribution is 2.46. The number of nitrogens with zero attached hydrogens (tertiary/aromatic N) is 3. The molecule has 28 heavy (non-hydrogen) atoms. The minimum atomic E-state index is -0.488. The maximum Gasteiger partial charge on any atom is 0.229 e. The Morgan fingerprint density at radius 3 is 2.54 bits per heavy atom. The van der Waals surface area contributed by atoms with Gasteiger partial charge >= 0.3 is 0 Å². The first-order chi connectivity index (χ1) is 13.5. The van der Waals surface area contributed by atoms with Crippen molar-refractivity contribution in [1.29, 1.82) is 5.26 Å². The normalized spacial score (nSPS) is 19.5. The Morgan fingerprint density at radius 1 is 1.14 bits per heavy atom. The van der Waals surface area contributed by atoms with E-state index in [1.54, 1.807) is 46.2 Å². The van der Waals surface area contributed by atoms with Gasteiger partial charge in [0, 0.05) is 22.4 Å². The van der Waals surface area contributed by atoms with E-state index < -0.39 is 5.92 Å². The Morgan fingerprint density at radius 2 is 1.86 bits per heavy atom. The number of rotatable bonds is 2. The predicted molar refractivity (Wildman–Crippen MR) is 110 cm³/mol. The van der Waals surface area contributed by atoms with Gasteiger partial charge in [-0.2, -0.15) is 5.26 Å². The maximum atomic E-state index is 14.2. The summed E-state index contributed by atoms with van der Waals surface area (Å²) in [5, 5.41) is 11.3. The second-order valence-electron chi connectivity index (χ2n) is 6.45. The average molecular weight is 434 g/mol. The van der Waals surface area contributed by atoms with E-state index in [-0.39, 0.29) is 24.8 Å². The molecule has 0 radical (unpaired) electrons. The van der Waals surface area contributed by atoms with E-state index in [1.165, 1.54) is 17.8 Å². The van der Waals surface area contributed by atoms with Crippen LogP contribution in [0.3, 0.4) is 0 Å². The molecule has 0 aromatic heterocycles. The molecule has 0 spiro atoms. The summed E-state index contributed by atoms with van der Waals surface area (Å²) in [4.78, 5) is 16.2. The third kappa shape index (κ3) is 3.24. The molecule has 0 bridgehead atoms. The van der Waals surface area contributed by atoms with E-state index in [2.05, 4.69) is 6.07 Å². The standard InChI is InChI=1S/C20H14Cl2FN3OS/c21-14-4-3-5-15(22)19(14)12-8-18(27)26-10-25(11-28-20(26)13(12)9-24)17-7-2-1-6-16(17)23/h1-7,12H,8,10-11H2/t12-/m0/s1. The number of hydrogen-bond acceptors (Lipinski definition) is 4. The number of carbonyl (C=O) groups excluding carboxylic acids is 1. The Kier molecular flexibility index (Phi) is 5.24. The Hall–Kier alpha value is -2.20. The fraction of sp³-hybridized carbons (Fsp3) is 0.200. The molecule has 0 unspecified atom stereocenters. The van der Waals surface area contributed by atoms with Crippen LogP contribution in [-0.2, 0) is 4.79 Å². The number of benzene rings is 2. The summed E-state index contributed by atoms with van der Waals surface area (Å²) >= 11 is 14.0. The van der Waals surface area contributed by atoms with Crippen molar-refractivity contribution in [1.82, 2.24) is 4.90 Å². The highest BCUT2D eigenvalue weighted by atomic mass is 35.5. The van der Waals surface area contributed by atoms with Gasteiger partial charge in [0.05, 0.1) is 34.9 Å². The van der Waals surface area contributed by atoms with E-state index in [9.17, 15) is 14.4 Å². The fourth-order valence-electron chi connectivity index (χ4n) is 3.51. The summed E-state index contributed by atoms with van der Waals surface area (Å²) in [5.41, 5.74) is 1.49. The third-order valence-corrected chi connectivity index (χ3v) is 6.65. The van der Waals surface area contributed by atoms with Gasteiger partial charge in [0.25, 0.3) is 0 Å². The lowest BCUT2D eigenvalue weighted by Crippen LogP contribution is -2.47. The van der Waals surface area contributed by atoms with Crippen LogP contribution in [0.25, 0.3) is 0 Å². The zero-order valence-corrected chi connectivity index (χ0v) is 16.9. The average Bonchev–Trinajstić information content (AvgIpc) is 2.68. The van der Waals surface area contributed by atoms with Crippen molar-refractivity contribution in [2.75, 3.05) is 17.4 Å². The van der Waals surface area contributed by atoms with E-state index in [4.69, 9.17) is 23.2 Å². The number of amides is 1. The summed E-state index contributed by atoms with van der Waals surface area (Å²) in [7, 11) is 0. The number of fused-ring (bicyclic) bond motifs is 1. The summed E-state index contributed by atoms with van der Waals surface area (Å²) in [6.07, 6.45) is 0.0848. The van der Waals surface area contributed by atoms with Crippen LogP contribution in [0, 0.1) is 17.1 Å². The van der Waals surface area contributed by atoms with E-state index in [0.29, 0.717) is 37.8 Å². The van der Waals surface area contributed by atoms with Crippen LogP contribution in [0.5, 0.6) is 0 Å². The van der Waals surface area contributed by atoms with Gasteiger partial charge in [-0.05, 0) is 29.8 Å². The van der Waals surface area contributed by atoms with Gasteiger partial charge in [-0.3, -0.25) is 9.69 Å². The smallest absolute Gasteiger partial charge is 0.229 e. The summed E-state index contributed by atoms with van der Waals surface area (Å²) in [5.74, 6) is -0.559. The first-order valence-corrected chi connectivity index (χ1v) is 10.3. The molecule has 1 amide bonds. The number of allylic oxidation sites excluding steroid dienone is 1. The molecular weight excluding hydrogens is 420 g/mol. The van der Waals surface area contributed by atoms with Gasteiger partial charge in [-0.1, -0.05) is 53.2 Å². The maximum absolute atomic E-state index is 14.2. The molecule has 2 aliphatic rings. The second-order valence-corrected chi connectivity index (χ2v) is 8.20. The molecule has 0 aliphatic carbocycles. The molecule has 1 fully saturated rings. The summed E-state index contributed by atoms with van der Waals surface area (Å²) in [6, 6.07) is 13.8. The molecule has 4 rings (SSSR count). The number of para-hydroxylation sites is 1. The molecule has 4 nitrogen and oxygen atoms in total. The predicted octanol–water partition coefficient (Wildman–Crippen LogP) is 5.35. The van der Waals surface area contributed by atoms with Crippen LogP contribution >= 0.6 is 35.0 Å². The Bertz CT molecular complexity index is 1020. The number of hydrogen-bond donors (Lipinski definition) is 0. The van der Waals surface area contributed by atoms with Crippen molar-refractivity contribution in [3.05, 3.63) is 74.5 Å². The molecule has 0 N–H and O–H groups in total. The van der Waals surface area contributed by atoms with Gasteiger partial charge in [-0.15, -0.1) is 0 Å². The number of halogens is 3. The lowest BCUT2D eigenvalue weighted by molar-refractivity contribution is -0.129. The van der Waals surface area contributed by atoms with E-state index in [0.717, 1.165) is 0 Å². The highest BCUT2D eigenvalue weighted by Gasteiger charge is 2.39. The first kappa shape index (κ1) is 19.1. The molecule has 2 aromatic rings. The third-order valence-electron chi connectivity index (χ3n) is 4.83. The van der Waals surface area contributed by atoms with Gasteiger partial charge in [0.1, 0.15) is 5.82 Å². The largest absolute Gasteiger partial charge is 0.341 e. The summed E-state index contributed by atoms with van der Waals surface area (Å²) in [6.45, 7) is 0.191. The van der Waals surface area contributed by atoms with Crippen LogP contribution < -0.4 is 4.90 Å². The van der Waals surface area contributed by atoms with Gasteiger partial charge in [0.2, 0.25) is 5.91 Å². The zero-order chi connectivity index (χ0) is 19.8. The molecule has 8 heteroatoms. The lowest BCUT2D eigenvalue weighted by atomic mass is 9.86. The van der Waals surface area contributed by atoms with Crippen LogP contribution in [-0.4, -0.2) is 23.4 Å². The molecule has 0 saturated carbocycles. The zero-order valence-electron chi connectivity index (χ0n) is 14.5. The quantitative estimate of drug-likeness (QED) is 0.639. The molecular formula is C20H14Cl2FN3OS. The lowest BCUT2D eigenvalue weighted by Gasteiger charge is -2.42. The van der Waals surface area contributed by atoms with Crippen molar-refractivity contribution in [2.45, 2.75) is 12.3 Å². The topological polar surface area (TPSA) is 47.3 Å². The van der Waals surface area contributed by atoms with Crippen molar-refractivity contribution in [2.24, 2.45) is 0 Å². The summed E-state index contributed by atoms with van der Waals surface area (Å²) < 4.78 is 14.2. The van der Waals surface area contributed by atoms with E-state index in [1.807, 2.05) is 0 Å². The van der Waals surface area contributed by atoms with Gasteiger partial charge < -0.3 is 4.90 Å². The van der Waals surface area contributed by atoms with Crippen LogP contribution in [0.15, 0.2) is 53.1 Å². The molecule has 1 saturated heterocycles. The van der Waals surface area contributed by atoms with Crippen molar-refractivity contribution in [3.63, 3.8) is 0 Å². The Balaban J connectivity index is 1.73.